The maximum Gasteiger partial charge on any atom is 0.262 e. The van der Waals surface area contributed by atoms with E-state index in [1.165, 1.54) is 0 Å². The predicted molar refractivity (Wildman–Crippen MR) is 85.6 cm³/mol. The number of amides is 1. The first-order chi connectivity index (χ1) is 9.99. The Hall–Kier alpha value is -2.49. The van der Waals surface area contributed by atoms with Crippen LogP contribution in [-0.2, 0) is 4.79 Å². The van der Waals surface area contributed by atoms with Crippen LogP contribution in [0.5, 0.6) is 5.75 Å². The zero-order chi connectivity index (χ0) is 15.4. The summed E-state index contributed by atoms with van der Waals surface area (Å²) in [5.41, 5.74) is 10.2. The first-order valence-electron chi connectivity index (χ1n) is 6.83. The van der Waals surface area contributed by atoms with Crippen molar-refractivity contribution in [1.82, 2.24) is 0 Å². The van der Waals surface area contributed by atoms with Crippen LogP contribution in [0.3, 0.4) is 0 Å². The molecule has 2 aromatic rings. The average Bonchev–Trinajstić information content (AvgIpc) is 2.45. The minimum atomic E-state index is -0.189. The van der Waals surface area contributed by atoms with Gasteiger partial charge in [-0.05, 0) is 44.0 Å². The molecule has 2 rings (SSSR count). The minimum Gasteiger partial charge on any atom is -0.483 e. The van der Waals surface area contributed by atoms with Gasteiger partial charge in [-0.2, -0.15) is 0 Å². The topological polar surface area (TPSA) is 64.3 Å². The van der Waals surface area contributed by atoms with Crippen LogP contribution >= 0.6 is 0 Å². The zero-order valence-electron chi connectivity index (χ0n) is 12.6. The van der Waals surface area contributed by atoms with E-state index < -0.39 is 0 Å². The van der Waals surface area contributed by atoms with E-state index in [1.54, 1.807) is 0 Å². The van der Waals surface area contributed by atoms with Crippen molar-refractivity contribution >= 4 is 17.3 Å². The number of para-hydroxylation sites is 1. The van der Waals surface area contributed by atoms with E-state index in [0.717, 1.165) is 22.4 Å². The third-order valence-corrected chi connectivity index (χ3v) is 3.41. The monoisotopic (exact) mass is 284 g/mol. The molecule has 0 unspecified atom stereocenters. The summed E-state index contributed by atoms with van der Waals surface area (Å²) in [6, 6.07) is 11.4. The van der Waals surface area contributed by atoms with Gasteiger partial charge in [-0.3, -0.25) is 4.79 Å². The van der Waals surface area contributed by atoms with E-state index >= 15 is 0 Å². The summed E-state index contributed by atoms with van der Waals surface area (Å²) >= 11 is 0. The highest BCUT2D eigenvalue weighted by Gasteiger charge is 2.10. The highest BCUT2D eigenvalue weighted by molar-refractivity contribution is 5.92. The molecule has 0 atom stereocenters. The molecule has 1 amide bonds. The van der Waals surface area contributed by atoms with Crippen molar-refractivity contribution < 1.29 is 9.53 Å². The minimum absolute atomic E-state index is 0.0422. The van der Waals surface area contributed by atoms with Crippen molar-refractivity contribution in [3.05, 3.63) is 53.1 Å². The van der Waals surface area contributed by atoms with E-state index in [2.05, 4.69) is 5.32 Å². The number of carbonyl (C=O) groups is 1. The molecule has 0 aliphatic carbocycles. The van der Waals surface area contributed by atoms with Crippen LogP contribution in [0.25, 0.3) is 0 Å². The summed E-state index contributed by atoms with van der Waals surface area (Å²) in [5, 5.41) is 2.84. The van der Waals surface area contributed by atoms with Crippen molar-refractivity contribution in [2.75, 3.05) is 17.7 Å². The molecule has 0 aromatic heterocycles. The van der Waals surface area contributed by atoms with Crippen molar-refractivity contribution in [1.29, 1.82) is 0 Å². The van der Waals surface area contributed by atoms with Crippen LogP contribution in [0, 0.1) is 20.8 Å². The lowest BCUT2D eigenvalue weighted by molar-refractivity contribution is -0.118. The van der Waals surface area contributed by atoms with Gasteiger partial charge in [-0.15, -0.1) is 0 Å². The van der Waals surface area contributed by atoms with E-state index in [1.807, 2.05) is 57.2 Å². The third kappa shape index (κ3) is 3.54. The number of benzene rings is 2. The highest BCUT2D eigenvalue weighted by atomic mass is 16.5. The van der Waals surface area contributed by atoms with Crippen LogP contribution in [0.2, 0.25) is 0 Å². The van der Waals surface area contributed by atoms with Gasteiger partial charge in [-0.25, -0.2) is 0 Å². The molecule has 3 N–H and O–H groups in total. The van der Waals surface area contributed by atoms with E-state index in [4.69, 9.17) is 10.5 Å². The summed E-state index contributed by atoms with van der Waals surface area (Å²) < 4.78 is 5.63. The summed E-state index contributed by atoms with van der Waals surface area (Å²) in [6.07, 6.45) is 0. The van der Waals surface area contributed by atoms with Crippen LogP contribution in [0.1, 0.15) is 16.7 Å². The number of nitrogens with one attached hydrogen (secondary N) is 1. The van der Waals surface area contributed by atoms with E-state index in [-0.39, 0.29) is 12.5 Å². The first-order valence-corrected chi connectivity index (χ1v) is 6.83. The maximum absolute atomic E-state index is 12.0. The second kappa shape index (κ2) is 6.31. The Morgan fingerprint density at radius 3 is 2.52 bits per heavy atom. The molecule has 0 fully saturated rings. The molecule has 0 saturated heterocycles. The second-order valence-electron chi connectivity index (χ2n) is 5.08. The molecular formula is C17H20N2O2. The number of hydrogen-bond acceptors (Lipinski definition) is 3. The molecule has 0 spiro atoms. The van der Waals surface area contributed by atoms with Crippen LogP contribution in [-0.4, -0.2) is 12.5 Å². The van der Waals surface area contributed by atoms with Crippen molar-refractivity contribution in [2.45, 2.75) is 20.8 Å². The van der Waals surface area contributed by atoms with Gasteiger partial charge in [0.05, 0.1) is 0 Å². The van der Waals surface area contributed by atoms with E-state index in [9.17, 15) is 4.79 Å². The molecular weight excluding hydrogens is 264 g/mol. The molecule has 4 heteroatoms. The molecule has 0 aliphatic rings. The average molecular weight is 284 g/mol. The Balaban J connectivity index is 2.02. The number of nitrogen functional groups attached to an aromatic ring is 1. The fourth-order valence-corrected chi connectivity index (χ4v) is 2.10. The molecule has 0 bridgehead atoms. The molecule has 110 valence electrons. The lowest BCUT2D eigenvalue weighted by atomic mass is 10.1. The predicted octanol–water partition coefficient (Wildman–Crippen LogP) is 3.21. The highest BCUT2D eigenvalue weighted by Crippen LogP contribution is 2.27. The lowest BCUT2D eigenvalue weighted by Gasteiger charge is -2.14. The number of nitrogens with two attached hydrogens (primary N) is 1. The summed E-state index contributed by atoms with van der Waals surface area (Å²) in [7, 11) is 0. The number of carbonyl (C=O) groups excluding carboxylic acids is 1. The Kier molecular flexibility index (Phi) is 4.48. The normalized spacial score (nSPS) is 10.2. The van der Waals surface area contributed by atoms with E-state index in [0.29, 0.717) is 11.4 Å². The van der Waals surface area contributed by atoms with Gasteiger partial charge in [0.25, 0.3) is 5.91 Å². The molecule has 4 nitrogen and oxygen atoms in total. The summed E-state index contributed by atoms with van der Waals surface area (Å²) in [5.74, 6) is 0.487. The van der Waals surface area contributed by atoms with Gasteiger partial charge in [0.2, 0.25) is 0 Å². The third-order valence-electron chi connectivity index (χ3n) is 3.41. The quantitative estimate of drug-likeness (QED) is 0.847. The first kappa shape index (κ1) is 14.9. The largest absolute Gasteiger partial charge is 0.483 e. The van der Waals surface area contributed by atoms with Crippen LogP contribution in [0.4, 0.5) is 11.4 Å². The SMILES string of the molecule is Cc1ccccc1NC(=O)COc1c(C)ccc(N)c1C. The zero-order valence-corrected chi connectivity index (χ0v) is 12.6. The Labute approximate surface area is 124 Å². The molecule has 2 aromatic carbocycles. The van der Waals surface area contributed by atoms with Crippen molar-refractivity contribution in [2.24, 2.45) is 0 Å². The summed E-state index contributed by atoms with van der Waals surface area (Å²) in [4.78, 5) is 12.0. The Morgan fingerprint density at radius 2 is 1.81 bits per heavy atom. The molecule has 0 saturated carbocycles. The number of ether oxygens (including phenoxy) is 1. The Bertz CT molecular complexity index is 666. The molecule has 0 aliphatic heterocycles. The number of aryl methyl sites for hydroxylation is 2. The van der Waals surface area contributed by atoms with Gasteiger partial charge < -0.3 is 15.8 Å². The number of rotatable bonds is 4. The van der Waals surface area contributed by atoms with Gasteiger partial charge in [0.15, 0.2) is 6.61 Å². The Morgan fingerprint density at radius 1 is 1.10 bits per heavy atom. The van der Waals surface area contributed by atoms with Gasteiger partial charge in [0.1, 0.15) is 5.75 Å². The van der Waals surface area contributed by atoms with Crippen molar-refractivity contribution in [3.8, 4) is 5.75 Å². The number of anilines is 2. The van der Waals surface area contributed by atoms with Gasteiger partial charge >= 0.3 is 0 Å². The van der Waals surface area contributed by atoms with Crippen LogP contribution in [0.15, 0.2) is 36.4 Å². The molecule has 0 heterocycles. The fourth-order valence-electron chi connectivity index (χ4n) is 2.10. The molecule has 21 heavy (non-hydrogen) atoms. The smallest absolute Gasteiger partial charge is 0.262 e. The fraction of sp³-hybridized carbons (Fsp3) is 0.235. The van der Waals surface area contributed by atoms with Crippen molar-refractivity contribution in [3.63, 3.8) is 0 Å². The standard InChI is InChI=1S/C17H20N2O2/c1-11-6-4-5-7-15(11)19-16(20)10-21-17-12(2)8-9-14(18)13(17)3/h4-9H,10,18H2,1-3H3,(H,19,20). The van der Waals surface area contributed by atoms with Crippen LogP contribution < -0.4 is 15.8 Å². The summed E-state index contributed by atoms with van der Waals surface area (Å²) in [6.45, 7) is 5.72. The second-order valence-corrected chi connectivity index (χ2v) is 5.08. The van der Waals surface area contributed by atoms with Gasteiger partial charge in [-0.1, -0.05) is 24.3 Å². The molecule has 0 radical (unpaired) electrons. The maximum atomic E-state index is 12.0. The number of hydrogen-bond donors (Lipinski definition) is 2. The lowest BCUT2D eigenvalue weighted by Crippen LogP contribution is -2.21. The van der Waals surface area contributed by atoms with Gasteiger partial charge in [0, 0.05) is 16.9 Å².